The standard InChI is InChI=1S/C17H28N2O/c1-2-3-4-5-6-7-8-9-10-11-12-13-17(20)19-15-14-18-16-19/h6-7,14-16H,2-5,8-13H2,1H3/b7-6+. The van der Waals surface area contributed by atoms with Crippen molar-refractivity contribution in [1.29, 1.82) is 0 Å². The Hall–Kier alpha value is -1.38. The molecule has 1 aromatic heterocycles. The summed E-state index contributed by atoms with van der Waals surface area (Å²) in [5.74, 6) is 0.151. The van der Waals surface area contributed by atoms with Crippen molar-refractivity contribution in [2.24, 2.45) is 0 Å². The Morgan fingerprint density at radius 2 is 1.75 bits per heavy atom. The number of aromatic nitrogens is 2. The molecule has 0 fully saturated rings. The summed E-state index contributed by atoms with van der Waals surface area (Å²) in [7, 11) is 0. The maximum Gasteiger partial charge on any atom is 0.231 e. The maximum atomic E-state index is 11.7. The Morgan fingerprint density at radius 1 is 1.05 bits per heavy atom. The van der Waals surface area contributed by atoms with Crippen LogP contribution < -0.4 is 0 Å². The van der Waals surface area contributed by atoms with Crippen LogP contribution in [0.3, 0.4) is 0 Å². The van der Waals surface area contributed by atoms with Crippen molar-refractivity contribution in [3.63, 3.8) is 0 Å². The lowest BCUT2D eigenvalue weighted by atomic mass is 10.1. The summed E-state index contributed by atoms with van der Waals surface area (Å²) in [4.78, 5) is 15.6. The average molecular weight is 276 g/mol. The van der Waals surface area contributed by atoms with E-state index >= 15 is 0 Å². The van der Waals surface area contributed by atoms with Crippen molar-refractivity contribution in [1.82, 2.24) is 9.55 Å². The monoisotopic (exact) mass is 276 g/mol. The van der Waals surface area contributed by atoms with E-state index in [1.165, 1.54) is 44.9 Å². The zero-order valence-electron chi connectivity index (χ0n) is 12.8. The van der Waals surface area contributed by atoms with Gasteiger partial charge >= 0.3 is 0 Å². The Bertz CT molecular complexity index is 368. The second kappa shape index (κ2) is 11.4. The van der Waals surface area contributed by atoms with Crippen molar-refractivity contribution < 1.29 is 4.79 Å². The second-order valence-corrected chi connectivity index (χ2v) is 5.28. The normalized spacial score (nSPS) is 11.2. The molecule has 3 heteroatoms. The minimum atomic E-state index is 0.151. The summed E-state index contributed by atoms with van der Waals surface area (Å²) in [5, 5.41) is 0. The van der Waals surface area contributed by atoms with Crippen molar-refractivity contribution >= 4 is 5.91 Å². The highest BCUT2D eigenvalue weighted by Crippen LogP contribution is 2.08. The lowest BCUT2D eigenvalue weighted by molar-refractivity contribution is 0.0899. The molecule has 1 rings (SSSR count). The number of nitrogens with zero attached hydrogens (tertiary/aromatic N) is 2. The van der Waals surface area contributed by atoms with E-state index in [9.17, 15) is 4.79 Å². The number of unbranched alkanes of at least 4 members (excludes halogenated alkanes) is 7. The van der Waals surface area contributed by atoms with Gasteiger partial charge < -0.3 is 0 Å². The van der Waals surface area contributed by atoms with Crippen molar-refractivity contribution in [3.05, 3.63) is 30.9 Å². The van der Waals surface area contributed by atoms with Crippen LogP contribution in [0, 0.1) is 0 Å². The summed E-state index contributed by atoms with van der Waals surface area (Å²) in [6, 6.07) is 0. The van der Waals surface area contributed by atoms with Gasteiger partial charge in [0.05, 0.1) is 0 Å². The Morgan fingerprint density at radius 3 is 2.40 bits per heavy atom. The Labute approximate surface area is 123 Å². The van der Waals surface area contributed by atoms with E-state index in [1.807, 2.05) is 0 Å². The van der Waals surface area contributed by atoms with Crippen LogP contribution >= 0.6 is 0 Å². The zero-order chi connectivity index (χ0) is 14.5. The number of carbonyl (C=O) groups is 1. The van der Waals surface area contributed by atoms with Gasteiger partial charge in [-0.25, -0.2) is 4.98 Å². The van der Waals surface area contributed by atoms with Crippen LogP contribution in [0.25, 0.3) is 0 Å². The first kappa shape index (κ1) is 16.7. The largest absolute Gasteiger partial charge is 0.276 e. The first-order valence-electron chi connectivity index (χ1n) is 8.00. The molecule has 0 saturated heterocycles. The number of allylic oxidation sites excluding steroid dienone is 2. The van der Waals surface area contributed by atoms with E-state index in [0.29, 0.717) is 6.42 Å². The Balaban J connectivity index is 1.89. The third-order valence-electron chi connectivity index (χ3n) is 3.44. The maximum absolute atomic E-state index is 11.7. The predicted molar refractivity (Wildman–Crippen MR) is 83.8 cm³/mol. The molecule has 0 aromatic carbocycles. The predicted octanol–water partition coefficient (Wildman–Crippen LogP) is 5.00. The zero-order valence-corrected chi connectivity index (χ0v) is 12.8. The number of carbonyl (C=O) groups excluding carboxylic acids is 1. The van der Waals surface area contributed by atoms with Gasteiger partial charge in [0.1, 0.15) is 6.33 Å². The fourth-order valence-corrected chi connectivity index (χ4v) is 2.18. The van der Waals surface area contributed by atoms with E-state index in [0.717, 1.165) is 12.8 Å². The molecule has 0 bridgehead atoms. The van der Waals surface area contributed by atoms with Crippen LogP contribution in [0.5, 0.6) is 0 Å². The first-order valence-corrected chi connectivity index (χ1v) is 8.00. The summed E-state index contributed by atoms with van der Waals surface area (Å²) < 4.78 is 1.57. The third-order valence-corrected chi connectivity index (χ3v) is 3.44. The molecule has 1 heterocycles. The summed E-state index contributed by atoms with van der Waals surface area (Å²) in [6.45, 7) is 2.24. The molecule has 0 aliphatic carbocycles. The quantitative estimate of drug-likeness (QED) is 0.421. The van der Waals surface area contributed by atoms with Crippen LogP contribution in [0.15, 0.2) is 30.9 Å². The van der Waals surface area contributed by atoms with E-state index in [-0.39, 0.29) is 5.91 Å². The first-order chi connectivity index (χ1) is 9.84. The van der Waals surface area contributed by atoms with E-state index in [1.54, 1.807) is 23.3 Å². The molecular formula is C17H28N2O. The number of rotatable bonds is 11. The SMILES string of the molecule is CCCCC/C=C/CCCCCCC(=O)n1ccnc1. The second-order valence-electron chi connectivity index (χ2n) is 5.28. The van der Waals surface area contributed by atoms with Gasteiger partial charge in [0.15, 0.2) is 0 Å². The molecule has 20 heavy (non-hydrogen) atoms. The minimum absolute atomic E-state index is 0.151. The molecule has 0 spiro atoms. The highest BCUT2D eigenvalue weighted by Gasteiger charge is 2.02. The van der Waals surface area contributed by atoms with E-state index < -0.39 is 0 Å². The summed E-state index contributed by atoms with van der Waals surface area (Å²) >= 11 is 0. The van der Waals surface area contributed by atoms with Crippen molar-refractivity contribution in [2.75, 3.05) is 0 Å². The average Bonchev–Trinajstić information content (AvgIpc) is 2.99. The summed E-state index contributed by atoms with van der Waals surface area (Å²) in [5.41, 5.74) is 0. The molecule has 0 amide bonds. The van der Waals surface area contributed by atoms with E-state index in [4.69, 9.17) is 0 Å². The highest BCUT2D eigenvalue weighted by molar-refractivity contribution is 5.78. The molecule has 112 valence electrons. The van der Waals surface area contributed by atoms with Gasteiger partial charge in [-0.15, -0.1) is 0 Å². The van der Waals surface area contributed by atoms with Gasteiger partial charge in [0.2, 0.25) is 5.91 Å². The van der Waals surface area contributed by atoms with Crippen LogP contribution in [0.1, 0.15) is 75.9 Å². The van der Waals surface area contributed by atoms with E-state index in [2.05, 4.69) is 24.1 Å². The van der Waals surface area contributed by atoms with Gasteiger partial charge in [-0.1, -0.05) is 44.8 Å². The minimum Gasteiger partial charge on any atom is -0.276 e. The number of imidazole rings is 1. The Kier molecular flexibility index (Phi) is 9.54. The lowest BCUT2D eigenvalue weighted by Gasteiger charge is -2.01. The number of hydrogen-bond acceptors (Lipinski definition) is 2. The van der Waals surface area contributed by atoms with Gasteiger partial charge in [0.25, 0.3) is 0 Å². The molecule has 0 unspecified atom stereocenters. The van der Waals surface area contributed by atoms with Gasteiger partial charge in [0, 0.05) is 18.8 Å². The summed E-state index contributed by atoms with van der Waals surface area (Å²) in [6.07, 6.45) is 21.1. The number of hydrogen-bond donors (Lipinski definition) is 0. The lowest BCUT2D eigenvalue weighted by Crippen LogP contribution is -2.07. The molecule has 0 aliphatic rings. The molecule has 3 nitrogen and oxygen atoms in total. The fraction of sp³-hybridized carbons (Fsp3) is 0.647. The fourth-order valence-electron chi connectivity index (χ4n) is 2.18. The van der Waals surface area contributed by atoms with Gasteiger partial charge in [-0.3, -0.25) is 9.36 Å². The van der Waals surface area contributed by atoms with Gasteiger partial charge in [-0.2, -0.15) is 0 Å². The molecule has 0 saturated carbocycles. The molecule has 0 radical (unpaired) electrons. The van der Waals surface area contributed by atoms with Gasteiger partial charge in [-0.05, 0) is 32.1 Å². The van der Waals surface area contributed by atoms with Crippen LogP contribution in [-0.4, -0.2) is 15.5 Å². The molecule has 0 aliphatic heterocycles. The van der Waals surface area contributed by atoms with Crippen LogP contribution in [0.2, 0.25) is 0 Å². The van der Waals surface area contributed by atoms with Crippen LogP contribution in [-0.2, 0) is 0 Å². The molecule has 0 atom stereocenters. The molecule has 1 aromatic rings. The third kappa shape index (κ3) is 7.93. The molecule has 0 N–H and O–H groups in total. The highest BCUT2D eigenvalue weighted by atomic mass is 16.2. The topological polar surface area (TPSA) is 34.9 Å². The molecular weight excluding hydrogens is 248 g/mol. The van der Waals surface area contributed by atoms with Crippen molar-refractivity contribution in [3.8, 4) is 0 Å². The smallest absolute Gasteiger partial charge is 0.231 e. The van der Waals surface area contributed by atoms with Crippen molar-refractivity contribution in [2.45, 2.75) is 71.1 Å². The van der Waals surface area contributed by atoms with Crippen LogP contribution in [0.4, 0.5) is 0 Å².